The fraction of sp³-hybridized carbons (Fsp3) is 0.125. The van der Waals surface area contributed by atoms with Crippen LogP contribution in [-0.2, 0) is 6.54 Å². The minimum Gasteiger partial charge on any atom is -0.295 e. The van der Waals surface area contributed by atoms with Gasteiger partial charge in [-0.1, -0.05) is 65.9 Å². The Morgan fingerprint density at radius 2 is 1.59 bits per heavy atom. The maximum Gasteiger partial charge on any atom is 0.260 e. The molecule has 0 spiro atoms. The Hall–Kier alpha value is -3.31. The summed E-state index contributed by atoms with van der Waals surface area (Å²) >= 11 is 1.51. The molecular formula is C24H20N2O2S. The molecule has 0 fully saturated rings. The van der Waals surface area contributed by atoms with Crippen molar-refractivity contribution in [2.75, 3.05) is 4.90 Å². The summed E-state index contributed by atoms with van der Waals surface area (Å²) in [6.07, 6.45) is 0. The lowest BCUT2D eigenvalue weighted by Crippen LogP contribution is -2.30. The number of thiazole rings is 1. The van der Waals surface area contributed by atoms with Crippen LogP contribution in [0.4, 0.5) is 5.13 Å². The number of nitrogens with zero attached hydrogens (tertiary/aromatic N) is 2. The van der Waals surface area contributed by atoms with Gasteiger partial charge < -0.3 is 0 Å². The van der Waals surface area contributed by atoms with Crippen LogP contribution in [0.15, 0.2) is 72.8 Å². The van der Waals surface area contributed by atoms with Crippen molar-refractivity contribution in [3.63, 3.8) is 0 Å². The number of amides is 1. The third kappa shape index (κ3) is 3.96. The Bertz CT molecular complexity index is 1180. The molecule has 0 unspecified atom stereocenters. The molecule has 1 aromatic heterocycles. The molecule has 29 heavy (non-hydrogen) atoms. The van der Waals surface area contributed by atoms with Gasteiger partial charge in [0.2, 0.25) is 0 Å². The van der Waals surface area contributed by atoms with Crippen molar-refractivity contribution in [1.29, 1.82) is 0 Å². The van der Waals surface area contributed by atoms with E-state index in [0.717, 1.165) is 21.3 Å². The van der Waals surface area contributed by atoms with Crippen LogP contribution in [0.5, 0.6) is 0 Å². The van der Waals surface area contributed by atoms with Gasteiger partial charge in [0.15, 0.2) is 10.9 Å². The van der Waals surface area contributed by atoms with E-state index in [9.17, 15) is 9.59 Å². The molecule has 0 saturated heterocycles. The van der Waals surface area contributed by atoms with Gasteiger partial charge in [-0.2, -0.15) is 0 Å². The number of ketones is 1. The third-order valence-corrected chi connectivity index (χ3v) is 5.85. The van der Waals surface area contributed by atoms with Crippen molar-refractivity contribution in [3.05, 3.63) is 95.1 Å². The first kappa shape index (κ1) is 19.0. The van der Waals surface area contributed by atoms with Crippen molar-refractivity contribution in [2.45, 2.75) is 20.4 Å². The normalized spacial score (nSPS) is 10.8. The van der Waals surface area contributed by atoms with Gasteiger partial charge in [0.05, 0.1) is 16.8 Å². The Morgan fingerprint density at radius 1 is 0.897 bits per heavy atom. The fourth-order valence-corrected chi connectivity index (χ4v) is 4.23. The van der Waals surface area contributed by atoms with Crippen LogP contribution < -0.4 is 4.90 Å². The summed E-state index contributed by atoms with van der Waals surface area (Å²) in [6, 6.07) is 22.7. The number of carbonyl (C=O) groups is 2. The van der Waals surface area contributed by atoms with Gasteiger partial charge in [0, 0.05) is 11.1 Å². The number of Topliss-reactive ketones (excluding diaryl/α,β-unsaturated/α-hetero) is 1. The summed E-state index contributed by atoms with van der Waals surface area (Å²) in [7, 11) is 0. The molecule has 0 atom stereocenters. The second-order valence-electron chi connectivity index (χ2n) is 6.93. The maximum atomic E-state index is 13.4. The first-order valence-corrected chi connectivity index (χ1v) is 10.2. The largest absolute Gasteiger partial charge is 0.295 e. The molecule has 4 aromatic rings. The zero-order valence-corrected chi connectivity index (χ0v) is 17.1. The molecule has 0 aliphatic rings. The first-order valence-electron chi connectivity index (χ1n) is 9.36. The maximum absolute atomic E-state index is 13.4. The molecule has 3 aromatic carbocycles. The van der Waals surface area contributed by atoms with Gasteiger partial charge in [-0.3, -0.25) is 14.5 Å². The van der Waals surface area contributed by atoms with E-state index in [1.54, 1.807) is 29.2 Å². The molecule has 1 heterocycles. The first-order chi connectivity index (χ1) is 14.0. The SMILES string of the molecule is CC(=O)c1ccc(C(=O)N(Cc2ccccc2)c2nc3c(C)cccc3s2)cc1. The lowest BCUT2D eigenvalue weighted by atomic mass is 10.1. The Labute approximate surface area is 173 Å². The minimum atomic E-state index is -0.138. The summed E-state index contributed by atoms with van der Waals surface area (Å²) in [5.74, 6) is -0.160. The highest BCUT2D eigenvalue weighted by atomic mass is 32.1. The van der Waals surface area contributed by atoms with Gasteiger partial charge in [-0.05, 0) is 43.2 Å². The van der Waals surface area contributed by atoms with Crippen LogP contribution in [0.3, 0.4) is 0 Å². The molecule has 0 N–H and O–H groups in total. The van der Waals surface area contributed by atoms with Crippen molar-refractivity contribution in [1.82, 2.24) is 4.98 Å². The summed E-state index contributed by atoms with van der Waals surface area (Å²) in [5.41, 5.74) is 4.15. The number of anilines is 1. The average Bonchev–Trinajstić information content (AvgIpc) is 3.18. The van der Waals surface area contributed by atoms with E-state index < -0.39 is 0 Å². The molecule has 0 aliphatic carbocycles. The van der Waals surface area contributed by atoms with Crippen LogP contribution >= 0.6 is 11.3 Å². The number of benzene rings is 3. The van der Waals surface area contributed by atoms with Crippen molar-refractivity contribution < 1.29 is 9.59 Å². The summed E-state index contributed by atoms with van der Waals surface area (Å²) in [5, 5.41) is 0.666. The van der Waals surface area contributed by atoms with Gasteiger partial charge >= 0.3 is 0 Å². The molecular weight excluding hydrogens is 380 g/mol. The smallest absolute Gasteiger partial charge is 0.260 e. The lowest BCUT2D eigenvalue weighted by molar-refractivity contribution is 0.0981. The quantitative estimate of drug-likeness (QED) is 0.407. The molecule has 1 amide bonds. The summed E-state index contributed by atoms with van der Waals surface area (Å²) in [4.78, 5) is 31.4. The highest BCUT2D eigenvalue weighted by Gasteiger charge is 2.22. The predicted molar refractivity (Wildman–Crippen MR) is 118 cm³/mol. The summed E-state index contributed by atoms with van der Waals surface area (Å²) in [6.45, 7) is 3.96. The topological polar surface area (TPSA) is 50.3 Å². The fourth-order valence-electron chi connectivity index (χ4n) is 3.19. The van der Waals surface area contributed by atoms with E-state index >= 15 is 0 Å². The number of fused-ring (bicyclic) bond motifs is 1. The zero-order valence-electron chi connectivity index (χ0n) is 16.3. The number of hydrogen-bond acceptors (Lipinski definition) is 4. The second kappa shape index (κ2) is 7.97. The number of aromatic nitrogens is 1. The highest BCUT2D eigenvalue weighted by Crippen LogP contribution is 2.32. The van der Waals surface area contributed by atoms with E-state index in [1.807, 2.05) is 55.5 Å². The van der Waals surface area contributed by atoms with E-state index in [-0.39, 0.29) is 11.7 Å². The zero-order chi connectivity index (χ0) is 20.4. The van der Waals surface area contributed by atoms with Crippen molar-refractivity contribution in [3.8, 4) is 0 Å². The van der Waals surface area contributed by atoms with E-state index in [1.165, 1.54) is 18.3 Å². The standard InChI is InChI=1S/C24H20N2O2S/c1-16-7-6-10-21-22(16)25-24(29-21)26(15-18-8-4-3-5-9-18)23(28)20-13-11-19(12-14-20)17(2)27/h3-14H,15H2,1-2H3. The third-order valence-electron chi connectivity index (χ3n) is 4.81. The highest BCUT2D eigenvalue weighted by molar-refractivity contribution is 7.22. The van der Waals surface area contributed by atoms with Gasteiger partial charge in [-0.15, -0.1) is 0 Å². The van der Waals surface area contributed by atoms with Crippen molar-refractivity contribution in [2.24, 2.45) is 0 Å². The van der Waals surface area contributed by atoms with E-state index in [0.29, 0.717) is 22.8 Å². The van der Waals surface area contributed by atoms with Gasteiger partial charge in [0.25, 0.3) is 5.91 Å². The van der Waals surface area contributed by atoms with Crippen LogP contribution in [0.2, 0.25) is 0 Å². The Morgan fingerprint density at radius 3 is 2.24 bits per heavy atom. The Kier molecular flexibility index (Phi) is 5.23. The van der Waals surface area contributed by atoms with Crippen LogP contribution in [0.1, 0.15) is 38.8 Å². The van der Waals surface area contributed by atoms with Crippen LogP contribution in [0.25, 0.3) is 10.2 Å². The van der Waals surface area contributed by atoms with Gasteiger partial charge in [-0.25, -0.2) is 4.98 Å². The van der Waals surface area contributed by atoms with Crippen molar-refractivity contribution >= 4 is 38.4 Å². The predicted octanol–water partition coefficient (Wildman–Crippen LogP) is 5.65. The Balaban J connectivity index is 1.75. The number of rotatable bonds is 5. The number of carbonyl (C=O) groups excluding carboxylic acids is 2. The van der Waals surface area contributed by atoms with Crippen LogP contribution in [-0.4, -0.2) is 16.7 Å². The molecule has 0 radical (unpaired) electrons. The monoisotopic (exact) mass is 400 g/mol. The summed E-state index contributed by atoms with van der Waals surface area (Å²) < 4.78 is 1.05. The second-order valence-corrected chi connectivity index (χ2v) is 7.94. The van der Waals surface area contributed by atoms with Crippen LogP contribution in [0, 0.1) is 6.92 Å². The number of para-hydroxylation sites is 1. The van der Waals surface area contributed by atoms with Gasteiger partial charge in [0.1, 0.15) is 0 Å². The average molecular weight is 401 g/mol. The molecule has 144 valence electrons. The molecule has 0 aliphatic heterocycles. The minimum absolute atomic E-state index is 0.0215. The lowest BCUT2D eigenvalue weighted by Gasteiger charge is -2.20. The number of hydrogen-bond donors (Lipinski definition) is 0. The number of aryl methyl sites for hydroxylation is 1. The molecule has 5 heteroatoms. The van der Waals surface area contributed by atoms with E-state index in [2.05, 4.69) is 0 Å². The van der Waals surface area contributed by atoms with E-state index in [4.69, 9.17) is 4.98 Å². The molecule has 4 nitrogen and oxygen atoms in total. The molecule has 0 bridgehead atoms. The molecule has 4 rings (SSSR count). The molecule has 0 saturated carbocycles.